The average Bonchev–Trinajstić information content (AvgIpc) is 3.57. The Morgan fingerprint density at radius 1 is 1.08 bits per heavy atom. The van der Waals surface area contributed by atoms with Crippen molar-refractivity contribution in [3.63, 3.8) is 0 Å². The Balaban J connectivity index is 1.31. The van der Waals surface area contributed by atoms with Crippen LogP contribution in [-0.2, 0) is 57.7 Å². The highest BCUT2D eigenvalue weighted by atomic mass is 32.2. The summed E-state index contributed by atoms with van der Waals surface area (Å²) in [7, 11) is -5.84. The Hall–Kier alpha value is -2.43. The highest BCUT2D eigenvalue weighted by molar-refractivity contribution is 7.86. The van der Waals surface area contributed by atoms with Gasteiger partial charge in [0, 0.05) is 0 Å². The van der Waals surface area contributed by atoms with Gasteiger partial charge in [-0.3, -0.25) is 14.1 Å². The van der Waals surface area contributed by atoms with Gasteiger partial charge < -0.3 is 28.4 Å². The molecule has 1 aliphatic carbocycles. The zero-order valence-electron chi connectivity index (χ0n) is 21.4. The van der Waals surface area contributed by atoms with E-state index in [-0.39, 0.29) is 5.92 Å². The van der Waals surface area contributed by atoms with E-state index in [1.807, 2.05) is 13.8 Å². The molecule has 0 spiro atoms. The van der Waals surface area contributed by atoms with E-state index in [2.05, 4.69) is 4.74 Å². The van der Waals surface area contributed by atoms with Crippen LogP contribution in [0.15, 0.2) is 0 Å². The molecule has 7 atom stereocenters. The number of hydrogen-bond acceptors (Lipinski definition) is 12. The summed E-state index contributed by atoms with van der Waals surface area (Å²) in [5, 5.41) is -4.76. The normalized spacial score (nSPS) is 31.2. The first-order valence-corrected chi connectivity index (χ1v) is 13.9. The first-order valence-electron chi connectivity index (χ1n) is 12.4. The van der Waals surface area contributed by atoms with Crippen LogP contribution in [0.25, 0.3) is 0 Å². The highest BCUT2D eigenvalue weighted by Gasteiger charge is 2.72. The van der Waals surface area contributed by atoms with Gasteiger partial charge in [0.1, 0.15) is 42.9 Å². The molecule has 0 radical (unpaired) electrons. The lowest BCUT2D eigenvalue weighted by atomic mass is 9.78. The summed E-state index contributed by atoms with van der Waals surface area (Å²) in [6.07, 6.45) is -2.57. The van der Waals surface area contributed by atoms with Crippen LogP contribution < -0.4 is 0 Å². The Morgan fingerprint density at radius 2 is 1.69 bits per heavy atom. The SMILES string of the molecule is CC(OC(=O)COCC(=O)OC1C2OC(=O)C3C2OC1C3C(=O)OC(C)(C)C1CCCC1)C(F)(F)S(=O)(=O)O. The minimum Gasteiger partial charge on any atom is -0.459 e. The molecule has 1 N–H and O–H groups in total. The van der Waals surface area contributed by atoms with Gasteiger partial charge >= 0.3 is 39.2 Å². The fraction of sp³-hybridized carbons (Fsp3) is 0.826. The Morgan fingerprint density at radius 3 is 2.31 bits per heavy atom. The molecule has 0 aromatic carbocycles. The molecule has 3 aliphatic heterocycles. The van der Waals surface area contributed by atoms with Crippen molar-refractivity contribution in [2.75, 3.05) is 13.2 Å². The minimum atomic E-state index is -5.84. The van der Waals surface area contributed by atoms with Crippen LogP contribution in [0.1, 0.15) is 46.5 Å². The number of hydrogen-bond donors (Lipinski definition) is 1. The summed E-state index contributed by atoms with van der Waals surface area (Å²) in [6, 6.07) is 0. The van der Waals surface area contributed by atoms with E-state index in [1.165, 1.54) is 0 Å². The molecular weight excluding hydrogens is 554 g/mol. The zero-order chi connectivity index (χ0) is 28.9. The first kappa shape index (κ1) is 29.6. The lowest BCUT2D eigenvalue weighted by Crippen LogP contribution is -2.50. The van der Waals surface area contributed by atoms with E-state index in [9.17, 15) is 36.4 Å². The van der Waals surface area contributed by atoms with Gasteiger partial charge in [0.25, 0.3) is 0 Å². The van der Waals surface area contributed by atoms with E-state index in [4.69, 9.17) is 28.2 Å². The predicted octanol–water partition coefficient (Wildman–Crippen LogP) is 0.778. The van der Waals surface area contributed by atoms with Crippen molar-refractivity contribution in [1.29, 1.82) is 0 Å². The van der Waals surface area contributed by atoms with Crippen molar-refractivity contribution in [2.45, 2.75) is 87.8 Å². The summed E-state index contributed by atoms with van der Waals surface area (Å²) in [5.41, 5.74) is -0.769. The van der Waals surface area contributed by atoms with Gasteiger partial charge in [-0.15, -0.1) is 0 Å². The van der Waals surface area contributed by atoms with Crippen molar-refractivity contribution in [1.82, 2.24) is 0 Å². The molecule has 2 bridgehead atoms. The standard InChI is InChI=1S/C23H30F2O13S/c1-10(23(24,25)39(30,31)32)34-12(26)8-33-9-13(27)35-18-17-15(14-16(36-17)19(18)37-20(14)28)21(29)38-22(2,3)11-6-4-5-7-11/h10-11,14-19H,4-9H2,1-3H3,(H,30,31,32). The Kier molecular flexibility index (Phi) is 7.97. The molecule has 4 rings (SSSR count). The predicted molar refractivity (Wildman–Crippen MR) is 120 cm³/mol. The molecule has 4 aliphatic rings. The second-order valence-electron chi connectivity index (χ2n) is 10.6. The fourth-order valence-corrected chi connectivity index (χ4v) is 6.15. The van der Waals surface area contributed by atoms with E-state index in [1.54, 1.807) is 0 Å². The molecule has 3 heterocycles. The van der Waals surface area contributed by atoms with Crippen molar-refractivity contribution < 1.29 is 69.4 Å². The smallest absolute Gasteiger partial charge is 0.405 e. The average molecular weight is 585 g/mol. The number of esters is 4. The van der Waals surface area contributed by atoms with Gasteiger partial charge in [-0.1, -0.05) is 12.8 Å². The van der Waals surface area contributed by atoms with Crippen LogP contribution in [0.3, 0.4) is 0 Å². The van der Waals surface area contributed by atoms with Crippen LogP contribution in [0.4, 0.5) is 8.78 Å². The third kappa shape index (κ3) is 5.60. The molecule has 0 aromatic rings. The van der Waals surface area contributed by atoms with E-state index >= 15 is 0 Å². The molecule has 39 heavy (non-hydrogen) atoms. The van der Waals surface area contributed by atoms with Gasteiger partial charge in [0.2, 0.25) is 0 Å². The molecule has 3 saturated heterocycles. The van der Waals surface area contributed by atoms with Gasteiger partial charge in [0.15, 0.2) is 18.3 Å². The van der Waals surface area contributed by atoms with Crippen LogP contribution in [0.2, 0.25) is 0 Å². The second kappa shape index (κ2) is 10.5. The quantitative estimate of drug-likeness (QED) is 0.205. The number of carbonyl (C=O) groups is 4. The van der Waals surface area contributed by atoms with E-state index in [0.29, 0.717) is 6.92 Å². The lowest BCUT2D eigenvalue weighted by molar-refractivity contribution is -0.177. The van der Waals surface area contributed by atoms with Crippen LogP contribution in [-0.4, -0.2) is 91.4 Å². The van der Waals surface area contributed by atoms with Crippen molar-refractivity contribution >= 4 is 34.0 Å². The van der Waals surface area contributed by atoms with E-state index < -0.39 is 100 Å². The van der Waals surface area contributed by atoms with Crippen molar-refractivity contribution in [3.8, 4) is 0 Å². The molecule has 1 saturated carbocycles. The van der Waals surface area contributed by atoms with E-state index in [0.717, 1.165) is 25.7 Å². The number of alkyl halides is 2. The number of rotatable bonds is 11. The maximum atomic E-state index is 13.5. The zero-order valence-corrected chi connectivity index (χ0v) is 22.2. The minimum absolute atomic E-state index is 0.170. The maximum absolute atomic E-state index is 13.5. The summed E-state index contributed by atoms with van der Waals surface area (Å²) >= 11 is 0. The monoisotopic (exact) mass is 584 g/mol. The maximum Gasteiger partial charge on any atom is 0.405 e. The number of halogens is 2. The summed E-state index contributed by atoms with van der Waals surface area (Å²) in [4.78, 5) is 49.8. The fourth-order valence-electron chi connectivity index (χ4n) is 5.68. The number of carbonyl (C=O) groups excluding carboxylic acids is 4. The van der Waals surface area contributed by atoms with Crippen LogP contribution in [0.5, 0.6) is 0 Å². The van der Waals surface area contributed by atoms with Gasteiger partial charge in [-0.25, -0.2) is 9.59 Å². The molecule has 4 fully saturated rings. The van der Waals surface area contributed by atoms with Crippen molar-refractivity contribution in [3.05, 3.63) is 0 Å². The van der Waals surface area contributed by atoms with Crippen LogP contribution in [0, 0.1) is 17.8 Å². The topological polar surface area (TPSA) is 178 Å². The van der Waals surface area contributed by atoms with Gasteiger partial charge in [-0.2, -0.15) is 17.2 Å². The molecule has 0 aromatic heterocycles. The number of fused-ring (bicyclic) bond motifs is 1. The summed E-state index contributed by atoms with van der Waals surface area (Å²) in [6.45, 7) is 2.28. The summed E-state index contributed by atoms with van der Waals surface area (Å²) < 4.78 is 88.2. The van der Waals surface area contributed by atoms with Crippen LogP contribution >= 0.6 is 0 Å². The number of ether oxygens (including phenoxy) is 6. The molecular formula is C23H30F2O13S. The molecule has 220 valence electrons. The van der Waals surface area contributed by atoms with Gasteiger partial charge in [-0.05, 0) is 39.5 Å². The van der Waals surface area contributed by atoms with Crippen molar-refractivity contribution in [2.24, 2.45) is 17.8 Å². The lowest BCUT2D eigenvalue weighted by Gasteiger charge is -2.34. The Labute approximate surface area is 222 Å². The molecule has 13 nitrogen and oxygen atoms in total. The Bertz CT molecular complexity index is 1120. The first-order chi connectivity index (χ1) is 18.0. The molecule has 0 amide bonds. The van der Waals surface area contributed by atoms with Gasteiger partial charge in [0.05, 0.1) is 0 Å². The molecule has 7 unspecified atom stereocenters. The highest BCUT2D eigenvalue weighted by Crippen LogP contribution is 2.52. The third-order valence-corrected chi connectivity index (χ3v) is 8.73. The third-order valence-electron chi connectivity index (χ3n) is 7.71. The second-order valence-corrected chi connectivity index (χ2v) is 12.1. The molecule has 16 heteroatoms. The largest absolute Gasteiger partial charge is 0.459 e. The summed E-state index contributed by atoms with van der Waals surface area (Å²) in [5.74, 6) is -5.58.